The Balaban J connectivity index is 1.26. The lowest BCUT2D eigenvalue weighted by Crippen LogP contribution is -2.40. The number of imide groups is 1. The number of carbonyl (C=O) groups is 2. The van der Waals surface area contributed by atoms with Crippen LogP contribution in [0, 0.1) is 35.5 Å². The van der Waals surface area contributed by atoms with Crippen LogP contribution in [0.2, 0.25) is 10.0 Å². The van der Waals surface area contributed by atoms with Gasteiger partial charge >= 0.3 is 0 Å². The maximum absolute atomic E-state index is 12.9. The fraction of sp³-hybridized carbons (Fsp3) is 0.318. The quantitative estimate of drug-likeness (QED) is 0.407. The largest absolute Gasteiger partial charge is 0.455 e. The molecule has 0 spiro atoms. The van der Waals surface area contributed by atoms with Crippen molar-refractivity contribution >= 4 is 41.2 Å². The van der Waals surface area contributed by atoms with E-state index in [0.29, 0.717) is 39.0 Å². The zero-order valence-electron chi connectivity index (χ0n) is 15.2. The number of nitrogens with zero attached hydrogens (tertiary/aromatic N) is 2. The number of carbonyl (C=O) groups excluding carboxylic acids is 2. The smallest absolute Gasteiger partial charge is 0.254 e. The summed E-state index contributed by atoms with van der Waals surface area (Å²) in [6.07, 6.45) is 6.84. The summed E-state index contributed by atoms with van der Waals surface area (Å²) in [6.45, 7) is 0. The third kappa shape index (κ3) is 2.44. The first-order valence-electron chi connectivity index (χ1n) is 9.69. The first kappa shape index (κ1) is 17.5. The normalized spacial score (nSPS) is 34.2. The second-order valence-electron chi connectivity index (χ2n) is 8.19. The van der Waals surface area contributed by atoms with Gasteiger partial charge in [0.25, 0.3) is 11.8 Å². The zero-order valence-corrected chi connectivity index (χ0v) is 16.7. The summed E-state index contributed by atoms with van der Waals surface area (Å²) in [7, 11) is 0. The van der Waals surface area contributed by atoms with Crippen molar-refractivity contribution in [3.05, 3.63) is 58.3 Å². The minimum Gasteiger partial charge on any atom is -0.455 e. The third-order valence-corrected chi connectivity index (χ3v) is 7.60. The number of hydrogen-bond donors (Lipinski definition) is 0. The fourth-order valence-electron chi connectivity index (χ4n) is 5.43. The number of benzene rings is 1. The molecule has 0 N–H and O–H groups in total. The van der Waals surface area contributed by atoms with Crippen LogP contribution in [0.3, 0.4) is 0 Å². The topological polar surface area (TPSA) is 62.9 Å². The molecular formula is C22H16Cl2N2O3. The van der Waals surface area contributed by atoms with Crippen molar-refractivity contribution in [3.63, 3.8) is 0 Å². The van der Waals surface area contributed by atoms with Crippen molar-refractivity contribution in [2.45, 2.75) is 6.42 Å². The highest BCUT2D eigenvalue weighted by atomic mass is 35.5. The molecule has 0 radical (unpaired) electrons. The molecule has 2 heterocycles. The van der Waals surface area contributed by atoms with Gasteiger partial charge in [0, 0.05) is 5.56 Å². The first-order valence-corrected chi connectivity index (χ1v) is 10.4. The molecular weight excluding hydrogens is 411 g/mol. The number of halogens is 2. The van der Waals surface area contributed by atoms with Gasteiger partial charge in [0.2, 0.25) is 0 Å². The average molecular weight is 427 g/mol. The predicted octanol–water partition coefficient (Wildman–Crippen LogP) is 4.64. The van der Waals surface area contributed by atoms with Crippen LogP contribution in [0.15, 0.2) is 52.0 Å². The van der Waals surface area contributed by atoms with Crippen LogP contribution in [-0.2, 0) is 9.59 Å². The van der Waals surface area contributed by atoms with Gasteiger partial charge in [-0.25, -0.2) is 0 Å². The number of hydrogen-bond acceptors (Lipinski definition) is 4. The highest BCUT2D eigenvalue weighted by Gasteiger charge is 2.67. The first-order chi connectivity index (χ1) is 14.0. The summed E-state index contributed by atoms with van der Waals surface area (Å²) < 4.78 is 5.78. The van der Waals surface area contributed by atoms with E-state index in [1.165, 1.54) is 6.21 Å². The van der Waals surface area contributed by atoms with Crippen molar-refractivity contribution in [1.82, 2.24) is 5.01 Å². The van der Waals surface area contributed by atoms with Gasteiger partial charge in [0.15, 0.2) is 0 Å². The molecule has 2 bridgehead atoms. The van der Waals surface area contributed by atoms with E-state index >= 15 is 0 Å². The summed E-state index contributed by atoms with van der Waals surface area (Å²) in [5, 5.41) is 6.08. The third-order valence-electron chi connectivity index (χ3n) is 6.78. The molecule has 29 heavy (non-hydrogen) atoms. The van der Waals surface area contributed by atoms with Crippen LogP contribution < -0.4 is 0 Å². The van der Waals surface area contributed by atoms with E-state index in [4.69, 9.17) is 27.6 Å². The van der Waals surface area contributed by atoms with Crippen LogP contribution in [0.4, 0.5) is 0 Å². The molecule has 6 atom stereocenters. The maximum atomic E-state index is 12.9. The molecule has 5 aliphatic rings. The molecule has 3 fully saturated rings. The van der Waals surface area contributed by atoms with Crippen LogP contribution in [0.1, 0.15) is 12.2 Å². The molecule has 5 nitrogen and oxygen atoms in total. The van der Waals surface area contributed by atoms with Gasteiger partial charge in [-0.05, 0) is 54.4 Å². The molecule has 1 saturated heterocycles. The molecule has 146 valence electrons. The van der Waals surface area contributed by atoms with Crippen LogP contribution >= 0.6 is 23.2 Å². The van der Waals surface area contributed by atoms with Gasteiger partial charge in [-0.15, -0.1) is 0 Å². The second kappa shape index (κ2) is 6.07. The standard InChI is InChI=1S/C22H16Cl2N2O3/c23-16-3-1-2-13(20(16)24)17-7-4-10(29-17)9-25-26-21(27)18-11-5-6-12(15-8-14(11)15)19(18)22(26)28/h1-7,9,11-12,14-15,18-19H,8H2/b25-9-/t11-,12-,14-,15+,18+,19+/m1/s1. The van der Waals surface area contributed by atoms with Gasteiger partial charge in [-0.3, -0.25) is 9.59 Å². The van der Waals surface area contributed by atoms with Crippen molar-refractivity contribution in [3.8, 4) is 11.3 Å². The van der Waals surface area contributed by atoms with Gasteiger partial charge < -0.3 is 4.42 Å². The Morgan fingerprint density at radius 1 is 1.00 bits per heavy atom. The molecule has 2 aromatic rings. The summed E-state index contributed by atoms with van der Waals surface area (Å²) in [5.41, 5.74) is 0.667. The molecule has 1 aliphatic heterocycles. The predicted molar refractivity (Wildman–Crippen MR) is 108 cm³/mol. The molecule has 4 aliphatic carbocycles. The summed E-state index contributed by atoms with van der Waals surface area (Å²) in [5.74, 6) is 1.59. The minimum absolute atomic E-state index is 0.187. The van der Waals surface area contributed by atoms with E-state index in [2.05, 4.69) is 17.3 Å². The lowest BCUT2D eigenvalue weighted by Gasteiger charge is -2.37. The monoisotopic (exact) mass is 426 g/mol. The van der Waals surface area contributed by atoms with E-state index in [0.717, 1.165) is 11.4 Å². The maximum Gasteiger partial charge on any atom is 0.254 e. The molecule has 7 heteroatoms. The van der Waals surface area contributed by atoms with Crippen LogP contribution in [-0.4, -0.2) is 23.0 Å². The number of rotatable bonds is 3. The Morgan fingerprint density at radius 3 is 2.38 bits per heavy atom. The zero-order chi connectivity index (χ0) is 19.9. The number of hydrazone groups is 1. The van der Waals surface area contributed by atoms with E-state index < -0.39 is 0 Å². The van der Waals surface area contributed by atoms with Gasteiger partial charge in [-0.1, -0.05) is 41.4 Å². The van der Waals surface area contributed by atoms with Gasteiger partial charge in [-0.2, -0.15) is 10.1 Å². The lowest BCUT2D eigenvalue weighted by molar-refractivity contribution is -0.140. The molecule has 0 unspecified atom stereocenters. The highest BCUT2D eigenvalue weighted by molar-refractivity contribution is 6.43. The van der Waals surface area contributed by atoms with Crippen molar-refractivity contribution < 1.29 is 14.0 Å². The molecule has 2 amide bonds. The van der Waals surface area contributed by atoms with Crippen LogP contribution in [0.5, 0.6) is 0 Å². The summed E-state index contributed by atoms with van der Waals surface area (Å²) in [4.78, 5) is 25.9. The van der Waals surface area contributed by atoms with Gasteiger partial charge in [0.05, 0.1) is 28.1 Å². The lowest BCUT2D eigenvalue weighted by atomic mass is 9.63. The van der Waals surface area contributed by atoms with E-state index in [1.807, 2.05) is 0 Å². The van der Waals surface area contributed by atoms with Crippen molar-refractivity contribution in [2.24, 2.45) is 40.6 Å². The van der Waals surface area contributed by atoms with Gasteiger partial charge in [0.1, 0.15) is 11.5 Å². The Kier molecular flexibility index (Phi) is 3.66. The van der Waals surface area contributed by atoms with Crippen molar-refractivity contribution in [2.75, 3.05) is 0 Å². The Morgan fingerprint density at radius 2 is 1.69 bits per heavy atom. The number of amides is 2. The molecule has 1 aromatic carbocycles. The molecule has 7 rings (SSSR count). The SMILES string of the molecule is O=C1[C@H]2[C@@H]3C=C[C@H]([C@@H]4C[C@H]34)[C@@H]2C(=O)N1/N=C\c1ccc(-c2cccc(Cl)c2Cl)o1. The summed E-state index contributed by atoms with van der Waals surface area (Å²) in [6, 6.07) is 8.77. The highest BCUT2D eigenvalue weighted by Crippen LogP contribution is 2.65. The Labute approximate surface area is 177 Å². The van der Waals surface area contributed by atoms with E-state index in [1.54, 1.807) is 30.3 Å². The van der Waals surface area contributed by atoms with E-state index in [-0.39, 0.29) is 35.5 Å². The number of furan rings is 1. The van der Waals surface area contributed by atoms with E-state index in [9.17, 15) is 9.59 Å². The van der Waals surface area contributed by atoms with Crippen LogP contribution in [0.25, 0.3) is 11.3 Å². The Bertz CT molecular complexity index is 1090. The minimum atomic E-state index is -0.254. The fourth-order valence-corrected chi connectivity index (χ4v) is 5.82. The molecule has 1 aromatic heterocycles. The number of allylic oxidation sites excluding steroid dienone is 2. The Hall–Kier alpha value is -2.37. The second-order valence-corrected chi connectivity index (χ2v) is 8.98. The molecule has 2 saturated carbocycles. The summed E-state index contributed by atoms with van der Waals surface area (Å²) >= 11 is 12.3. The average Bonchev–Trinajstić information content (AvgIpc) is 3.36. The van der Waals surface area contributed by atoms with Crippen molar-refractivity contribution in [1.29, 1.82) is 0 Å².